The summed E-state index contributed by atoms with van der Waals surface area (Å²) in [5, 5.41) is 12.6. The van der Waals surface area contributed by atoms with Gasteiger partial charge in [-0.15, -0.1) is 0 Å². The number of aliphatic hydroxyl groups is 1. The van der Waals surface area contributed by atoms with Crippen LogP contribution in [0.25, 0.3) is 0 Å². The second-order valence-electron chi connectivity index (χ2n) is 3.05. The molecule has 0 spiro atoms. The third-order valence-corrected chi connectivity index (χ3v) is 2.31. The van der Waals surface area contributed by atoms with E-state index in [9.17, 15) is 5.11 Å². The molecular weight excluding hydrogens is 144 g/mol. The quantitative estimate of drug-likeness (QED) is 0.472. The van der Waals surface area contributed by atoms with Crippen LogP contribution in [0.15, 0.2) is 0 Å². The van der Waals surface area contributed by atoms with E-state index >= 15 is 0 Å². The zero-order valence-corrected chi connectivity index (χ0v) is 6.49. The minimum absolute atomic E-state index is 0.0394. The lowest BCUT2D eigenvalue weighted by Crippen LogP contribution is -2.61. The van der Waals surface area contributed by atoms with Crippen molar-refractivity contribution in [1.82, 2.24) is 10.2 Å². The fourth-order valence-electron chi connectivity index (χ4n) is 1.71. The fraction of sp³-hybridized carbons (Fsp3) is 1.00. The molecular formula is C7H14N2O2. The first kappa shape index (κ1) is 7.49. The van der Waals surface area contributed by atoms with Crippen molar-refractivity contribution in [3.05, 3.63) is 0 Å². The molecule has 4 nitrogen and oxygen atoms in total. The predicted octanol–water partition coefficient (Wildman–Crippen LogP) is -1.04. The third kappa shape index (κ3) is 1.39. The first-order chi connectivity index (χ1) is 5.38. The SMILES string of the molecule is O[C@@H]1OCCN2CCCN[C@H]12. The van der Waals surface area contributed by atoms with Crippen LogP contribution >= 0.6 is 0 Å². The van der Waals surface area contributed by atoms with Crippen LogP contribution < -0.4 is 5.32 Å². The van der Waals surface area contributed by atoms with Crippen molar-refractivity contribution in [3.63, 3.8) is 0 Å². The van der Waals surface area contributed by atoms with Crippen LogP contribution in [0.3, 0.4) is 0 Å². The van der Waals surface area contributed by atoms with Crippen molar-refractivity contribution >= 4 is 0 Å². The monoisotopic (exact) mass is 158 g/mol. The number of hydrogen-bond acceptors (Lipinski definition) is 4. The highest BCUT2D eigenvalue weighted by Gasteiger charge is 2.31. The average molecular weight is 158 g/mol. The van der Waals surface area contributed by atoms with Gasteiger partial charge in [0.2, 0.25) is 0 Å². The maximum Gasteiger partial charge on any atom is 0.183 e. The van der Waals surface area contributed by atoms with Gasteiger partial charge in [-0.2, -0.15) is 0 Å². The van der Waals surface area contributed by atoms with Crippen molar-refractivity contribution in [2.45, 2.75) is 18.9 Å². The number of morpholine rings is 1. The third-order valence-electron chi connectivity index (χ3n) is 2.31. The van der Waals surface area contributed by atoms with Crippen LogP contribution in [0.1, 0.15) is 6.42 Å². The Bertz CT molecular complexity index is 140. The molecule has 0 aromatic heterocycles. The summed E-state index contributed by atoms with van der Waals surface area (Å²) < 4.78 is 5.10. The number of nitrogens with one attached hydrogen (secondary N) is 1. The van der Waals surface area contributed by atoms with E-state index in [0.29, 0.717) is 6.61 Å². The molecule has 0 radical (unpaired) electrons. The Morgan fingerprint density at radius 2 is 2.36 bits per heavy atom. The van der Waals surface area contributed by atoms with Gasteiger partial charge in [-0.3, -0.25) is 10.2 Å². The highest BCUT2D eigenvalue weighted by atomic mass is 16.6. The van der Waals surface area contributed by atoms with Gasteiger partial charge in [-0.05, 0) is 13.0 Å². The molecule has 0 saturated carbocycles. The molecule has 0 aromatic carbocycles. The summed E-state index contributed by atoms with van der Waals surface area (Å²) in [6, 6.07) is 0. The molecule has 2 rings (SSSR count). The Kier molecular flexibility index (Phi) is 2.09. The Morgan fingerprint density at radius 3 is 3.18 bits per heavy atom. The van der Waals surface area contributed by atoms with Crippen molar-refractivity contribution in [3.8, 4) is 0 Å². The van der Waals surface area contributed by atoms with Crippen LogP contribution in [-0.4, -0.2) is 48.7 Å². The van der Waals surface area contributed by atoms with E-state index in [2.05, 4.69) is 10.2 Å². The molecule has 0 aliphatic carbocycles. The fourth-order valence-corrected chi connectivity index (χ4v) is 1.71. The van der Waals surface area contributed by atoms with Gasteiger partial charge in [-0.1, -0.05) is 0 Å². The zero-order valence-electron chi connectivity index (χ0n) is 6.49. The minimum Gasteiger partial charge on any atom is -0.366 e. The van der Waals surface area contributed by atoms with E-state index in [-0.39, 0.29) is 6.17 Å². The first-order valence-electron chi connectivity index (χ1n) is 4.15. The Labute approximate surface area is 66.1 Å². The van der Waals surface area contributed by atoms with Gasteiger partial charge in [-0.25, -0.2) is 0 Å². The second kappa shape index (κ2) is 3.06. The summed E-state index contributed by atoms with van der Waals surface area (Å²) in [5.41, 5.74) is 0. The Morgan fingerprint density at radius 1 is 1.45 bits per heavy atom. The van der Waals surface area contributed by atoms with Gasteiger partial charge in [0.05, 0.1) is 6.61 Å². The van der Waals surface area contributed by atoms with Crippen molar-refractivity contribution in [2.75, 3.05) is 26.2 Å². The van der Waals surface area contributed by atoms with Gasteiger partial charge in [0, 0.05) is 13.1 Å². The largest absolute Gasteiger partial charge is 0.366 e. The number of aliphatic hydroxyl groups excluding tert-OH is 1. The molecule has 4 heteroatoms. The van der Waals surface area contributed by atoms with Gasteiger partial charge < -0.3 is 9.84 Å². The van der Waals surface area contributed by atoms with Crippen LogP contribution in [0.4, 0.5) is 0 Å². The first-order valence-corrected chi connectivity index (χ1v) is 4.15. The van der Waals surface area contributed by atoms with Gasteiger partial charge in [0.25, 0.3) is 0 Å². The molecule has 0 amide bonds. The Balaban J connectivity index is 1.99. The summed E-state index contributed by atoms with van der Waals surface area (Å²) in [6.07, 6.45) is 0.574. The smallest absolute Gasteiger partial charge is 0.183 e. The maximum absolute atomic E-state index is 9.38. The van der Waals surface area contributed by atoms with Crippen molar-refractivity contribution in [1.29, 1.82) is 0 Å². The summed E-state index contributed by atoms with van der Waals surface area (Å²) in [5.74, 6) is 0. The standard InChI is InChI=1S/C7H14N2O2/c10-7-6-8-2-1-3-9(6)4-5-11-7/h6-8,10H,1-5H2/t6-,7+/m0/s1. The lowest BCUT2D eigenvalue weighted by Gasteiger charge is -2.42. The summed E-state index contributed by atoms with van der Waals surface area (Å²) in [4.78, 5) is 2.23. The molecule has 0 unspecified atom stereocenters. The number of rotatable bonds is 0. The molecule has 0 aromatic rings. The predicted molar refractivity (Wildman–Crippen MR) is 39.9 cm³/mol. The topological polar surface area (TPSA) is 44.7 Å². The summed E-state index contributed by atoms with van der Waals surface area (Å²) in [6.45, 7) is 3.66. The van der Waals surface area contributed by atoms with Crippen LogP contribution in [-0.2, 0) is 4.74 Å². The van der Waals surface area contributed by atoms with Crippen LogP contribution in [0, 0.1) is 0 Å². The molecule has 11 heavy (non-hydrogen) atoms. The molecule has 2 N–H and O–H groups in total. The van der Waals surface area contributed by atoms with E-state index in [0.717, 1.165) is 19.6 Å². The van der Waals surface area contributed by atoms with Gasteiger partial charge >= 0.3 is 0 Å². The highest BCUT2D eigenvalue weighted by molar-refractivity contribution is 4.80. The second-order valence-corrected chi connectivity index (χ2v) is 3.05. The molecule has 2 heterocycles. The van der Waals surface area contributed by atoms with Gasteiger partial charge in [0.1, 0.15) is 6.17 Å². The number of fused-ring (bicyclic) bond motifs is 1. The molecule has 2 aliphatic heterocycles. The number of nitrogens with zero attached hydrogens (tertiary/aromatic N) is 1. The molecule has 2 fully saturated rings. The molecule has 2 aliphatic rings. The number of ether oxygens (including phenoxy) is 1. The summed E-state index contributed by atoms with van der Waals surface area (Å²) >= 11 is 0. The lowest BCUT2D eigenvalue weighted by atomic mass is 10.2. The van der Waals surface area contributed by atoms with Crippen LogP contribution in [0.2, 0.25) is 0 Å². The van der Waals surface area contributed by atoms with Crippen molar-refractivity contribution in [2.24, 2.45) is 0 Å². The molecule has 2 saturated heterocycles. The van der Waals surface area contributed by atoms with E-state index in [1.54, 1.807) is 0 Å². The van der Waals surface area contributed by atoms with E-state index in [1.807, 2.05) is 0 Å². The van der Waals surface area contributed by atoms with Crippen molar-refractivity contribution < 1.29 is 9.84 Å². The highest BCUT2D eigenvalue weighted by Crippen LogP contribution is 2.13. The molecule has 0 bridgehead atoms. The lowest BCUT2D eigenvalue weighted by molar-refractivity contribution is -0.192. The van der Waals surface area contributed by atoms with Crippen LogP contribution in [0.5, 0.6) is 0 Å². The van der Waals surface area contributed by atoms with E-state index < -0.39 is 6.29 Å². The zero-order chi connectivity index (χ0) is 7.68. The maximum atomic E-state index is 9.38. The summed E-state index contributed by atoms with van der Waals surface area (Å²) in [7, 11) is 0. The number of hydrogen-bond donors (Lipinski definition) is 2. The van der Waals surface area contributed by atoms with E-state index in [1.165, 1.54) is 6.42 Å². The van der Waals surface area contributed by atoms with E-state index in [4.69, 9.17) is 4.74 Å². The average Bonchev–Trinajstić information content (AvgIpc) is 2.06. The molecule has 2 atom stereocenters. The minimum atomic E-state index is -0.635. The molecule has 64 valence electrons. The normalized spacial score (nSPS) is 40.1. The van der Waals surface area contributed by atoms with Gasteiger partial charge in [0.15, 0.2) is 6.29 Å². The Hall–Kier alpha value is -0.160.